The summed E-state index contributed by atoms with van der Waals surface area (Å²) in [6.45, 7) is 5.57. The molecule has 1 heterocycles. The zero-order valence-electron chi connectivity index (χ0n) is 13.7. The van der Waals surface area contributed by atoms with Crippen molar-refractivity contribution in [3.05, 3.63) is 11.8 Å². The second-order valence-corrected chi connectivity index (χ2v) is 7.09. The van der Waals surface area contributed by atoms with E-state index in [4.69, 9.17) is 4.74 Å². The Hall–Kier alpha value is -0.460. The van der Waals surface area contributed by atoms with Gasteiger partial charge in [0.2, 0.25) is 0 Å². The summed E-state index contributed by atoms with van der Waals surface area (Å²) in [5, 5.41) is 0. The van der Waals surface area contributed by atoms with Gasteiger partial charge in [0.05, 0.1) is 12.4 Å². The van der Waals surface area contributed by atoms with Crippen LogP contribution < -0.4 is 0 Å². The molecule has 1 aliphatic heterocycles. The van der Waals surface area contributed by atoms with Crippen molar-refractivity contribution < 1.29 is 4.74 Å². The third-order valence-corrected chi connectivity index (χ3v) is 5.34. The molecule has 0 aromatic heterocycles. The fourth-order valence-electron chi connectivity index (χ4n) is 4.00. The second kappa shape index (κ2) is 8.74. The first-order valence-electron chi connectivity index (χ1n) is 9.13. The van der Waals surface area contributed by atoms with Crippen LogP contribution in [0.2, 0.25) is 0 Å². The van der Waals surface area contributed by atoms with Crippen LogP contribution in [0.25, 0.3) is 0 Å². The summed E-state index contributed by atoms with van der Waals surface area (Å²) in [6, 6.07) is 0. The molecule has 0 saturated heterocycles. The molecule has 0 aromatic carbocycles. The average molecular weight is 278 g/mol. The third-order valence-electron chi connectivity index (χ3n) is 5.34. The van der Waals surface area contributed by atoms with Crippen LogP contribution in [0.15, 0.2) is 11.8 Å². The van der Waals surface area contributed by atoms with Crippen LogP contribution in [-0.4, -0.2) is 6.61 Å². The fourth-order valence-corrected chi connectivity index (χ4v) is 4.00. The third kappa shape index (κ3) is 5.14. The molecule has 0 N–H and O–H groups in total. The molecule has 0 amide bonds. The highest BCUT2D eigenvalue weighted by molar-refractivity contribution is 4.98. The Morgan fingerprint density at radius 3 is 2.05 bits per heavy atom. The van der Waals surface area contributed by atoms with Crippen LogP contribution in [-0.2, 0) is 4.74 Å². The van der Waals surface area contributed by atoms with Crippen molar-refractivity contribution in [2.45, 2.75) is 84.5 Å². The van der Waals surface area contributed by atoms with Gasteiger partial charge in [0, 0.05) is 6.42 Å². The second-order valence-electron chi connectivity index (χ2n) is 7.09. The van der Waals surface area contributed by atoms with Crippen LogP contribution in [0.5, 0.6) is 0 Å². The predicted molar refractivity (Wildman–Crippen MR) is 86.6 cm³/mol. The van der Waals surface area contributed by atoms with Crippen LogP contribution in [0.1, 0.15) is 84.5 Å². The molecule has 1 saturated carbocycles. The molecule has 0 spiro atoms. The maximum absolute atomic E-state index is 5.95. The maximum atomic E-state index is 5.95. The van der Waals surface area contributed by atoms with E-state index in [2.05, 4.69) is 19.9 Å². The van der Waals surface area contributed by atoms with Crippen LogP contribution in [0.3, 0.4) is 0 Å². The summed E-state index contributed by atoms with van der Waals surface area (Å²) in [5.74, 6) is 4.10. The van der Waals surface area contributed by atoms with Crippen molar-refractivity contribution in [3.8, 4) is 0 Å². The largest absolute Gasteiger partial charge is 0.498 e. The Morgan fingerprint density at radius 2 is 1.50 bits per heavy atom. The molecule has 0 bridgehead atoms. The van der Waals surface area contributed by atoms with E-state index in [9.17, 15) is 0 Å². The summed E-state index contributed by atoms with van der Waals surface area (Å²) in [5.41, 5.74) is 0. The summed E-state index contributed by atoms with van der Waals surface area (Å²) in [7, 11) is 0. The quantitative estimate of drug-likeness (QED) is 0.547. The normalized spacial score (nSPS) is 30.7. The zero-order chi connectivity index (χ0) is 14.2. The van der Waals surface area contributed by atoms with Gasteiger partial charge in [0.25, 0.3) is 0 Å². The van der Waals surface area contributed by atoms with E-state index in [1.807, 2.05) is 0 Å². The highest BCUT2D eigenvalue weighted by Gasteiger charge is 2.21. The van der Waals surface area contributed by atoms with Crippen molar-refractivity contribution in [1.29, 1.82) is 0 Å². The van der Waals surface area contributed by atoms with Crippen molar-refractivity contribution in [2.75, 3.05) is 6.61 Å². The number of allylic oxidation sites excluding steroid dienone is 2. The van der Waals surface area contributed by atoms with Crippen LogP contribution in [0.4, 0.5) is 0 Å². The molecule has 2 rings (SSSR count). The Kier molecular flexibility index (Phi) is 6.96. The smallest absolute Gasteiger partial charge is 0.0920 e. The van der Waals surface area contributed by atoms with Gasteiger partial charge in [-0.1, -0.05) is 58.8 Å². The summed E-state index contributed by atoms with van der Waals surface area (Å²) in [4.78, 5) is 0. The molecule has 116 valence electrons. The van der Waals surface area contributed by atoms with Gasteiger partial charge in [-0.2, -0.15) is 0 Å². The molecule has 1 heteroatoms. The lowest BCUT2D eigenvalue weighted by Crippen LogP contribution is -2.16. The van der Waals surface area contributed by atoms with Crippen LogP contribution >= 0.6 is 0 Å². The Bertz CT molecular complexity index is 286. The molecule has 20 heavy (non-hydrogen) atoms. The van der Waals surface area contributed by atoms with Gasteiger partial charge in [-0.25, -0.2) is 0 Å². The van der Waals surface area contributed by atoms with E-state index in [0.29, 0.717) is 0 Å². The van der Waals surface area contributed by atoms with Crippen molar-refractivity contribution >= 4 is 0 Å². The van der Waals surface area contributed by atoms with E-state index in [-0.39, 0.29) is 0 Å². The first kappa shape index (κ1) is 15.9. The molecule has 0 radical (unpaired) electrons. The van der Waals surface area contributed by atoms with Gasteiger partial charge in [-0.15, -0.1) is 0 Å². The zero-order valence-corrected chi connectivity index (χ0v) is 13.7. The minimum atomic E-state index is 0.785. The van der Waals surface area contributed by atoms with E-state index in [0.717, 1.165) is 24.4 Å². The summed E-state index contributed by atoms with van der Waals surface area (Å²) >= 11 is 0. The van der Waals surface area contributed by atoms with E-state index in [1.54, 1.807) is 0 Å². The Morgan fingerprint density at radius 1 is 0.900 bits per heavy atom. The number of hydrogen-bond acceptors (Lipinski definition) is 1. The minimum absolute atomic E-state index is 0.785. The Balaban J connectivity index is 1.62. The lowest BCUT2D eigenvalue weighted by molar-refractivity contribution is 0.128. The lowest BCUT2D eigenvalue weighted by atomic mass is 9.78. The van der Waals surface area contributed by atoms with Gasteiger partial charge >= 0.3 is 0 Å². The number of ether oxygens (including phenoxy) is 1. The van der Waals surface area contributed by atoms with Gasteiger partial charge in [-0.3, -0.25) is 0 Å². The molecule has 1 nitrogen and oxygen atoms in total. The van der Waals surface area contributed by atoms with Crippen molar-refractivity contribution in [1.82, 2.24) is 0 Å². The van der Waals surface area contributed by atoms with Gasteiger partial charge < -0.3 is 4.74 Å². The standard InChI is InChI=1S/C19H34O/c1-3-5-16-7-9-17(10-8-16)11-13-19-14-12-18(6-4-2)15-20-19/h14,16-18H,3-13,15H2,1-2H3. The molecule has 1 atom stereocenters. The molecule has 1 unspecified atom stereocenters. The fraction of sp³-hybridized carbons (Fsp3) is 0.895. The molecule has 2 aliphatic rings. The maximum Gasteiger partial charge on any atom is 0.0920 e. The highest BCUT2D eigenvalue weighted by Crippen LogP contribution is 2.35. The SMILES string of the molecule is CCCC1CCC(CCC2=CCC(CCC)CO2)CC1. The molecular formula is C19H34O. The van der Waals surface area contributed by atoms with Crippen molar-refractivity contribution in [2.24, 2.45) is 17.8 Å². The van der Waals surface area contributed by atoms with Gasteiger partial charge in [0.15, 0.2) is 0 Å². The van der Waals surface area contributed by atoms with Crippen LogP contribution in [0, 0.1) is 17.8 Å². The predicted octanol–water partition coefficient (Wildman–Crippen LogP) is 6.09. The first-order valence-corrected chi connectivity index (χ1v) is 9.13. The van der Waals surface area contributed by atoms with Crippen molar-refractivity contribution in [3.63, 3.8) is 0 Å². The van der Waals surface area contributed by atoms with Gasteiger partial charge in [-0.05, 0) is 43.1 Å². The molecule has 1 fully saturated rings. The molecular weight excluding hydrogens is 244 g/mol. The molecule has 1 aliphatic carbocycles. The summed E-state index contributed by atoms with van der Waals surface area (Å²) in [6.07, 6.45) is 17.5. The lowest BCUT2D eigenvalue weighted by Gasteiger charge is -2.29. The number of hydrogen-bond donors (Lipinski definition) is 0. The topological polar surface area (TPSA) is 9.23 Å². The van der Waals surface area contributed by atoms with E-state index < -0.39 is 0 Å². The monoisotopic (exact) mass is 278 g/mol. The molecule has 0 aromatic rings. The van der Waals surface area contributed by atoms with E-state index in [1.165, 1.54) is 76.4 Å². The average Bonchev–Trinajstić information content (AvgIpc) is 2.49. The highest BCUT2D eigenvalue weighted by atomic mass is 16.5. The summed E-state index contributed by atoms with van der Waals surface area (Å²) < 4.78 is 5.95. The van der Waals surface area contributed by atoms with E-state index >= 15 is 0 Å². The first-order chi connectivity index (χ1) is 9.81. The Labute approximate surface area is 126 Å². The number of rotatable bonds is 7. The minimum Gasteiger partial charge on any atom is -0.498 e. The van der Waals surface area contributed by atoms with Gasteiger partial charge in [0.1, 0.15) is 0 Å².